The zero-order valence-corrected chi connectivity index (χ0v) is 14.4. The fraction of sp³-hybridized carbons (Fsp3) is 0.381. The molecule has 0 aromatic heterocycles. The Morgan fingerprint density at radius 1 is 0.875 bits per heavy atom. The Morgan fingerprint density at radius 2 is 1.38 bits per heavy atom. The zero-order chi connectivity index (χ0) is 16.8. The Labute approximate surface area is 144 Å². The lowest BCUT2D eigenvalue weighted by Gasteiger charge is -2.36. The topological polar surface area (TPSA) is 23.6 Å². The van der Waals surface area contributed by atoms with Crippen molar-refractivity contribution in [2.45, 2.75) is 19.3 Å². The fourth-order valence-corrected chi connectivity index (χ4v) is 3.46. The molecule has 126 valence electrons. The highest BCUT2D eigenvalue weighted by Crippen LogP contribution is 2.27. The Kier molecular flexibility index (Phi) is 5.65. The monoisotopic (exact) mass is 322 g/mol. The van der Waals surface area contributed by atoms with Crippen molar-refractivity contribution in [2.24, 2.45) is 0 Å². The summed E-state index contributed by atoms with van der Waals surface area (Å²) in [5, 5.41) is 0. The smallest absolute Gasteiger partial charge is 0.234 e. The molecule has 0 aliphatic carbocycles. The van der Waals surface area contributed by atoms with E-state index < -0.39 is 0 Å². The van der Waals surface area contributed by atoms with Gasteiger partial charge in [0.25, 0.3) is 0 Å². The van der Waals surface area contributed by atoms with Crippen LogP contribution in [-0.2, 0) is 4.79 Å². The fourth-order valence-electron chi connectivity index (χ4n) is 3.46. The summed E-state index contributed by atoms with van der Waals surface area (Å²) in [4.78, 5) is 17.8. The number of rotatable bonds is 5. The molecule has 1 fully saturated rings. The number of benzene rings is 2. The maximum Gasteiger partial charge on any atom is 0.234 e. The number of nitrogens with zero attached hydrogens (tertiary/aromatic N) is 2. The van der Waals surface area contributed by atoms with Gasteiger partial charge in [-0.1, -0.05) is 67.6 Å². The van der Waals surface area contributed by atoms with E-state index in [2.05, 4.69) is 36.1 Å². The van der Waals surface area contributed by atoms with Crippen LogP contribution in [0.5, 0.6) is 0 Å². The molecule has 1 amide bonds. The number of carbonyl (C=O) groups is 1. The Hall–Kier alpha value is -2.13. The largest absolute Gasteiger partial charge is 0.339 e. The Balaban J connectivity index is 1.80. The third-order valence-electron chi connectivity index (χ3n) is 4.74. The molecule has 2 aromatic carbocycles. The highest BCUT2D eigenvalue weighted by Gasteiger charge is 2.29. The van der Waals surface area contributed by atoms with Crippen LogP contribution >= 0.6 is 0 Å². The third kappa shape index (κ3) is 3.85. The van der Waals surface area contributed by atoms with Crippen LogP contribution in [0.4, 0.5) is 0 Å². The van der Waals surface area contributed by atoms with E-state index in [9.17, 15) is 4.79 Å². The average Bonchev–Trinajstić information content (AvgIpc) is 2.64. The molecule has 0 saturated carbocycles. The molecule has 0 radical (unpaired) electrons. The van der Waals surface area contributed by atoms with E-state index in [1.165, 1.54) is 6.42 Å². The van der Waals surface area contributed by atoms with Crippen molar-refractivity contribution in [1.29, 1.82) is 0 Å². The molecule has 2 aromatic rings. The normalized spacial score (nSPS) is 15.7. The molecule has 0 unspecified atom stereocenters. The maximum absolute atomic E-state index is 13.3. The first-order chi connectivity index (χ1) is 11.8. The van der Waals surface area contributed by atoms with Gasteiger partial charge in [-0.15, -0.1) is 0 Å². The molecule has 0 bridgehead atoms. The van der Waals surface area contributed by atoms with E-state index in [1.54, 1.807) is 0 Å². The first kappa shape index (κ1) is 16.7. The maximum atomic E-state index is 13.3. The van der Waals surface area contributed by atoms with Gasteiger partial charge in [-0.05, 0) is 24.1 Å². The molecule has 0 spiro atoms. The Morgan fingerprint density at radius 3 is 1.83 bits per heavy atom. The van der Waals surface area contributed by atoms with Gasteiger partial charge in [0.2, 0.25) is 5.91 Å². The van der Waals surface area contributed by atoms with Crippen molar-refractivity contribution >= 4 is 5.91 Å². The second-order valence-electron chi connectivity index (χ2n) is 6.42. The van der Waals surface area contributed by atoms with E-state index in [-0.39, 0.29) is 11.8 Å². The first-order valence-corrected chi connectivity index (χ1v) is 8.90. The highest BCUT2D eigenvalue weighted by atomic mass is 16.2. The van der Waals surface area contributed by atoms with Gasteiger partial charge in [0, 0.05) is 26.2 Å². The predicted octanol–water partition coefficient (Wildman–Crippen LogP) is 3.37. The van der Waals surface area contributed by atoms with Crippen molar-refractivity contribution in [3.05, 3.63) is 71.8 Å². The minimum Gasteiger partial charge on any atom is -0.339 e. The van der Waals surface area contributed by atoms with Crippen LogP contribution in [0.3, 0.4) is 0 Å². The van der Waals surface area contributed by atoms with E-state index in [0.717, 1.165) is 43.9 Å². The van der Waals surface area contributed by atoms with E-state index in [0.29, 0.717) is 0 Å². The van der Waals surface area contributed by atoms with Crippen LogP contribution < -0.4 is 0 Å². The van der Waals surface area contributed by atoms with Crippen LogP contribution in [0, 0.1) is 0 Å². The minimum atomic E-state index is -0.204. The number of amides is 1. The van der Waals surface area contributed by atoms with Crippen LogP contribution in [0.2, 0.25) is 0 Å². The molecule has 3 heteroatoms. The molecule has 0 atom stereocenters. The number of hydrogen-bond acceptors (Lipinski definition) is 2. The summed E-state index contributed by atoms with van der Waals surface area (Å²) in [5.41, 5.74) is 2.15. The molecule has 3 rings (SSSR count). The highest BCUT2D eigenvalue weighted by molar-refractivity contribution is 5.87. The lowest BCUT2D eigenvalue weighted by atomic mass is 9.90. The van der Waals surface area contributed by atoms with Crippen molar-refractivity contribution in [3.8, 4) is 0 Å². The van der Waals surface area contributed by atoms with Gasteiger partial charge in [-0.25, -0.2) is 0 Å². The average molecular weight is 322 g/mol. The van der Waals surface area contributed by atoms with Crippen molar-refractivity contribution in [1.82, 2.24) is 9.80 Å². The van der Waals surface area contributed by atoms with Crippen molar-refractivity contribution in [2.75, 3.05) is 32.7 Å². The summed E-state index contributed by atoms with van der Waals surface area (Å²) in [7, 11) is 0. The van der Waals surface area contributed by atoms with Gasteiger partial charge >= 0.3 is 0 Å². The molecule has 1 aliphatic heterocycles. The van der Waals surface area contributed by atoms with Crippen LogP contribution in [0.25, 0.3) is 0 Å². The number of hydrogen-bond donors (Lipinski definition) is 0. The zero-order valence-electron chi connectivity index (χ0n) is 14.4. The van der Waals surface area contributed by atoms with E-state index in [4.69, 9.17) is 0 Å². The van der Waals surface area contributed by atoms with E-state index in [1.807, 2.05) is 41.3 Å². The lowest BCUT2D eigenvalue weighted by Crippen LogP contribution is -2.50. The summed E-state index contributed by atoms with van der Waals surface area (Å²) in [6.45, 7) is 6.96. The van der Waals surface area contributed by atoms with Gasteiger partial charge < -0.3 is 4.90 Å². The first-order valence-electron chi connectivity index (χ1n) is 8.90. The molecule has 1 heterocycles. The molecule has 24 heavy (non-hydrogen) atoms. The number of carbonyl (C=O) groups excluding carboxylic acids is 1. The predicted molar refractivity (Wildman–Crippen MR) is 98.0 cm³/mol. The SMILES string of the molecule is CCCN1CCN(C(=O)C(c2ccccc2)c2ccccc2)CC1. The van der Waals surface area contributed by atoms with E-state index >= 15 is 0 Å². The Bertz CT molecular complexity index is 594. The number of piperazine rings is 1. The van der Waals surface area contributed by atoms with Crippen LogP contribution in [-0.4, -0.2) is 48.4 Å². The van der Waals surface area contributed by atoms with Crippen molar-refractivity contribution in [3.63, 3.8) is 0 Å². The van der Waals surface area contributed by atoms with Gasteiger partial charge in [0.05, 0.1) is 5.92 Å². The summed E-state index contributed by atoms with van der Waals surface area (Å²) in [6, 6.07) is 20.3. The summed E-state index contributed by atoms with van der Waals surface area (Å²) < 4.78 is 0. The van der Waals surface area contributed by atoms with Gasteiger partial charge in [-0.2, -0.15) is 0 Å². The summed E-state index contributed by atoms with van der Waals surface area (Å²) in [5.74, 6) is 0.0219. The van der Waals surface area contributed by atoms with Gasteiger partial charge in [0.15, 0.2) is 0 Å². The van der Waals surface area contributed by atoms with Crippen LogP contribution in [0.15, 0.2) is 60.7 Å². The second kappa shape index (κ2) is 8.11. The molecule has 1 saturated heterocycles. The molecular formula is C21H26N2O. The standard InChI is InChI=1S/C21H26N2O/c1-2-13-22-14-16-23(17-15-22)21(24)20(18-9-5-3-6-10-18)19-11-7-4-8-12-19/h3-12,20H,2,13-17H2,1H3. The van der Waals surface area contributed by atoms with Crippen LogP contribution in [0.1, 0.15) is 30.4 Å². The summed E-state index contributed by atoms with van der Waals surface area (Å²) in [6.07, 6.45) is 1.17. The van der Waals surface area contributed by atoms with Crippen molar-refractivity contribution < 1.29 is 4.79 Å². The van der Waals surface area contributed by atoms with Gasteiger partial charge in [0.1, 0.15) is 0 Å². The molecule has 1 aliphatic rings. The quantitative estimate of drug-likeness (QED) is 0.842. The third-order valence-corrected chi connectivity index (χ3v) is 4.74. The molecule has 0 N–H and O–H groups in total. The molecular weight excluding hydrogens is 296 g/mol. The lowest BCUT2D eigenvalue weighted by molar-refractivity contribution is -0.133. The molecule has 3 nitrogen and oxygen atoms in total. The van der Waals surface area contributed by atoms with Gasteiger partial charge in [-0.3, -0.25) is 9.69 Å². The second-order valence-corrected chi connectivity index (χ2v) is 6.42. The minimum absolute atomic E-state index is 0.204. The summed E-state index contributed by atoms with van der Waals surface area (Å²) >= 11 is 0.